The minimum Gasteiger partial charge on any atom is -0.301 e. The predicted octanol–water partition coefficient (Wildman–Crippen LogP) is 4.18. The summed E-state index contributed by atoms with van der Waals surface area (Å²) in [5.41, 5.74) is 1.01. The predicted molar refractivity (Wildman–Crippen MR) is 81.5 cm³/mol. The van der Waals surface area contributed by atoms with Crippen molar-refractivity contribution in [3.8, 4) is 0 Å². The zero-order valence-electron chi connectivity index (χ0n) is 11.9. The Morgan fingerprint density at radius 2 is 2.06 bits per heavy atom. The highest BCUT2D eigenvalue weighted by Gasteiger charge is 2.11. The zero-order valence-corrected chi connectivity index (χ0v) is 13.5. The maximum absolute atomic E-state index is 5.76. The molecule has 1 aromatic heterocycles. The minimum atomic E-state index is 0.530. The Hall–Kier alpha value is -0.120. The van der Waals surface area contributed by atoms with E-state index in [1.165, 1.54) is 18.0 Å². The number of alkyl halides is 1. The number of rotatable bonds is 8. The van der Waals surface area contributed by atoms with E-state index in [1.54, 1.807) is 11.3 Å². The number of aryl methyl sites for hydroxylation is 1. The second kappa shape index (κ2) is 8.13. The first-order valence-electron chi connectivity index (χ1n) is 6.76. The lowest BCUT2D eigenvalue weighted by Crippen LogP contribution is -2.35. The van der Waals surface area contributed by atoms with Gasteiger partial charge in [0.2, 0.25) is 0 Å². The summed E-state index contributed by atoms with van der Waals surface area (Å²) >= 11 is 7.49. The van der Waals surface area contributed by atoms with Crippen molar-refractivity contribution >= 4 is 22.9 Å². The molecule has 0 saturated carbocycles. The lowest BCUT2D eigenvalue weighted by molar-refractivity contribution is 0.195. The fourth-order valence-corrected chi connectivity index (χ4v) is 3.06. The number of thiazole rings is 1. The molecule has 0 saturated heterocycles. The van der Waals surface area contributed by atoms with Gasteiger partial charge in [0.25, 0.3) is 0 Å². The summed E-state index contributed by atoms with van der Waals surface area (Å²) in [6, 6.07) is 0.627. The van der Waals surface area contributed by atoms with Crippen molar-refractivity contribution in [2.75, 3.05) is 13.1 Å². The molecule has 104 valence electrons. The van der Waals surface area contributed by atoms with Crippen LogP contribution in [0.15, 0.2) is 5.38 Å². The number of halogens is 1. The molecule has 0 amide bonds. The third-order valence-corrected chi connectivity index (χ3v) is 4.13. The quantitative estimate of drug-likeness (QED) is 0.667. The Bertz CT molecular complexity index is 336. The highest BCUT2D eigenvalue weighted by atomic mass is 35.5. The van der Waals surface area contributed by atoms with Crippen LogP contribution in [0.5, 0.6) is 0 Å². The third kappa shape index (κ3) is 5.68. The van der Waals surface area contributed by atoms with E-state index in [0.29, 0.717) is 11.9 Å². The smallest absolute Gasteiger partial charge is 0.0929 e. The van der Waals surface area contributed by atoms with Crippen molar-refractivity contribution in [2.24, 2.45) is 5.92 Å². The van der Waals surface area contributed by atoms with Gasteiger partial charge in [0.05, 0.1) is 16.6 Å². The van der Waals surface area contributed by atoms with E-state index in [2.05, 4.69) is 43.0 Å². The zero-order chi connectivity index (χ0) is 13.5. The van der Waals surface area contributed by atoms with E-state index in [1.807, 2.05) is 0 Å². The Morgan fingerprint density at radius 1 is 1.33 bits per heavy atom. The summed E-state index contributed by atoms with van der Waals surface area (Å²) in [6.45, 7) is 11.5. The average Bonchev–Trinajstić information content (AvgIpc) is 2.75. The molecule has 1 rings (SSSR count). The topological polar surface area (TPSA) is 16.1 Å². The Morgan fingerprint density at radius 3 is 2.56 bits per heavy atom. The molecule has 0 fully saturated rings. The van der Waals surface area contributed by atoms with Crippen molar-refractivity contribution in [3.05, 3.63) is 16.1 Å². The Labute approximate surface area is 120 Å². The lowest BCUT2D eigenvalue weighted by Gasteiger charge is -2.28. The summed E-state index contributed by atoms with van der Waals surface area (Å²) in [4.78, 5) is 7.06. The van der Waals surface area contributed by atoms with E-state index < -0.39 is 0 Å². The standard InChI is InChI=1S/C14H25ClN2S/c1-11(2)9-17(12(3)4)7-5-6-14-16-13(8-15)10-18-14/h10-12H,5-9H2,1-4H3. The molecule has 4 heteroatoms. The summed E-state index contributed by atoms with van der Waals surface area (Å²) in [6.07, 6.45) is 2.25. The number of hydrogen-bond donors (Lipinski definition) is 0. The Kier molecular flexibility index (Phi) is 7.20. The van der Waals surface area contributed by atoms with Crippen LogP contribution in [-0.4, -0.2) is 29.0 Å². The van der Waals surface area contributed by atoms with Gasteiger partial charge in [-0.1, -0.05) is 13.8 Å². The highest BCUT2D eigenvalue weighted by Crippen LogP contribution is 2.14. The molecule has 0 bridgehead atoms. The molecule has 0 spiro atoms. The molecule has 1 heterocycles. The lowest BCUT2D eigenvalue weighted by atomic mass is 10.1. The number of hydrogen-bond acceptors (Lipinski definition) is 3. The maximum atomic E-state index is 5.76. The van der Waals surface area contributed by atoms with Gasteiger partial charge in [0.15, 0.2) is 0 Å². The summed E-state index contributed by atoms with van der Waals surface area (Å²) < 4.78 is 0. The summed E-state index contributed by atoms with van der Waals surface area (Å²) in [5.74, 6) is 1.26. The molecule has 0 N–H and O–H groups in total. The van der Waals surface area contributed by atoms with Crippen molar-refractivity contribution in [3.63, 3.8) is 0 Å². The minimum absolute atomic E-state index is 0.530. The first-order valence-corrected chi connectivity index (χ1v) is 8.17. The first kappa shape index (κ1) is 15.9. The summed E-state index contributed by atoms with van der Waals surface area (Å²) in [5, 5.41) is 3.29. The van der Waals surface area contributed by atoms with Crippen molar-refractivity contribution < 1.29 is 0 Å². The second-order valence-electron chi connectivity index (χ2n) is 5.45. The summed E-state index contributed by atoms with van der Waals surface area (Å²) in [7, 11) is 0. The molecule has 1 aromatic rings. The number of aromatic nitrogens is 1. The van der Waals surface area contributed by atoms with E-state index in [-0.39, 0.29) is 0 Å². The monoisotopic (exact) mass is 288 g/mol. The van der Waals surface area contributed by atoms with E-state index in [9.17, 15) is 0 Å². The van der Waals surface area contributed by atoms with Gasteiger partial charge in [-0.25, -0.2) is 4.98 Å². The van der Waals surface area contributed by atoms with Crippen LogP contribution in [-0.2, 0) is 12.3 Å². The molecule has 18 heavy (non-hydrogen) atoms. The van der Waals surface area contributed by atoms with Gasteiger partial charge in [-0.3, -0.25) is 0 Å². The van der Waals surface area contributed by atoms with Crippen molar-refractivity contribution in [1.29, 1.82) is 0 Å². The second-order valence-corrected chi connectivity index (χ2v) is 6.66. The molecule has 0 radical (unpaired) electrons. The van der Waals surface area contributed by atoms with Crippen LogP contribution in [0, 0.1) is 5.92 Å². The molecule has 0 aliphatic rings. The molecule has 0 aliphatic carbocycles. The molecule has 0 atom stereocenters. The SMILES string of the molecule is CC(C)CN(CCCc1nc(CCl)cs1)C(C)C. The van der Waals surface area contributed by atoms with Gasteiger partial charge in [0.1, 0.15) is 0 Å². The van der Waals surface area contributed by atoms with Gasteiger partial charge < -0.3 is 4.90 Å². The molecule has 0 unspecified atom stereocenters. The van der Waals surface area contributed by atoms with Crippen LogP contribution in [0.4, 0.5) is 0 Å². The number of nitrogens with zero attached hydrogens (tertiary/aromatic N) is 2. The van der Waals surface area contributed by atoms with E-state index in [4.69, 9.17) is 11.6 Å². The van der Waals surface area contributed by atoms with Crippen molar-refractivity contribution in [1.82, 2.24) is 9.88 Å². The first-order chi connectivity index (χ1) is 8.52. The normalized spacial score (nSPS) is 12.0. The molecule has 0 aliphatic heterocycles. The molecular formula is C14H25ClN2S. The molecule has 0 aromatic carbocycles. The Balaban J connectivity index is 2.34. The fraction of sp³-hybridized carbons (Fsp3) is 0.786. The third-order valence-electron chi connectivity index (χ3n) is 2.90. The van der Waals surface area contributed by atoms with Gasteiger partial charge in [-0.05, 0) is 32.7 Å². The highest BCUT2D eigenvalue weighted by molar-refractivity contribution is 7.09. The van der Waals surface area contributed by atoms with Gasteiger partial charge >= 0.3 is 0 Å². The maximum Gasteiger partial charge on any atom is 0.0929 e. The average molecular weight is 289 g/mol. The largest absolute Gasteiger partial charge is 0.301 e. The van der Waals surface area contributed by atoms with Gasteiger partial charge in [0, 0.05) is 24.4 Å². The fourth-order valence-electron chi connectivity index (χ4n) is 1.99. The van der Waals surface area contributed by atoms with Gasteiger partial charge in [-0.2, -0.15) is 0 Å². The van der Waals surface area contributed by atoms with Gasteiger partial charge in [-0.15, -0.1) is 22.9 Å². The van der Waals surface area contributed by atoms with Crippen LogP contribution in [0.2, 0.25) is 0 Å². The van der Waals surface area contributed by atoms with Crippen LogP contribution in [0.3, 0.4) is 0 Å². The van der Waals surface area contributed by atoms with Crippen LogP contribution >= 0.6 is 22.9 Å². The van der Waals surface area contributed by atoms with E-state index in [0.717, 1.165) is 24.6 Å². The molecular weight excluding hydrogens is 264 g/mol. The molecule has 2 nitrogen and oxygen atoms in total. The van der Waals surface area contributed by atoms with E-state index >= 15 is 0 Å². The van der Waals surface area contributed by atoms with Crippen LogP contribution < -0.4 is 0 Å². The van der Waals surface area contributed by atoms with Crippen LogP contribution in [0.1, 0.15) is 44.8 Å². The van der Waals surface area contributed by atoms with Crippen molar-refractivity contribution in [2.45, 2.75) is 52.5 Å². The van der Waals surface area contributed by atoms with Crippen LogP contribution in [0.25, 0.3) is 0 Å².